The molecule has 82 valence electrons. The van der Waals surface area contributed by atoms with Crippen LogP contribution in [-0.2, 0) is 0 Å². The minimum Gasteiger partial charge on any atom is -0.378 e. The normalized spacial score (nSPS) is 11.2. The summed E-state index contributed by atoms with van der Waals surface area (Å²) < 4.78 is 2.07. The third-order valence-corrected chi connectivity index (χ3v) is 4.06. The minimum atomic E-state index is -0.964. The highest BCUT2D eigenvalue weighted by Crippen LogP contribution is 2.34. The number of aromatic nitrogens is 1. The molecule has 0 spiro atoms. The second kappa shape index (κ2) is 4.17. The molecular weight excluding hydrogens is 286 g/mol. The zero-order valence-corrected chi connectivity index (χ0v) is 11.3. The fourth-order valence-electron chi connectivity index (χ4n) is 1.21. The first-order chi connectivity index (χ1) is 7.47. The van der Waals surface area contributed by atoms with E-state index in [1.165, 1.54) is 0 Å². The zero-order chi connectivity index (χ0) is 11.8. The van der Waals surface area contributed by atoms with E-state index in [2.05, 4.69) is 32.8 Å². The molecule has 0 radical (unpaired) electrons. The van der Waals surface area contributed by atoms with Crippen LogP contribution < -0.4 is 0 Å². The van der Waals surface area contributed by atoms with Crippen LogP contribution in [0.15, 0.2) is 22.9 Å². The number of thiophene rings is 1. The Bertz CT molecular complexity index is 586. The molecule has 0 fully saturated rings. The van der Waals surface area contributed by atoms with E-state index in [9.17, 15) is 5.11 Å². The monoisotopic (exact) mass is 295 g/mol. The van der Waals surface area contributed by atoms with Crippen molar-refractivity contribution >= 4 is 37.4 Å². The first-order valence-electron chi connectivity index (χ1n) is 4.75. The first-order valence-corrected chi connectivity index (χ1v) is 6.36. The molecule has 0 aliphatic carbocycles. The SMILES string of the molecule is CC(C)(O)C#Cc1sc2cnccc2c1Br. The Kier molecular flexibility index (Phi) is 3.02. The highest BCUT2D eigenvalue weighted by Gasteiger charge is 2.10. The van der Waals surface area contributed by atoms with Crippen LogP contribution in [0.5, 0.6) is 0 Å². The standard InChI is InChI=1S/C12H10BrNOS/c1-12(2,15)5-3-9-11(13)8-4-6-14-7-10(8)16-9/h4,6-7,15H,1-2H3. The fourth-order valence-corrected chi connectivity index (χ4v) is 2.94. The molecule has 0 atom stereocenters. The van der Waals surface area contributed by atoms with Crippen molar-refractivity contribution in [1.82, 2.24) is 4.98 Å². The number of halogens is 1. The van der Waals surface area contributed by atoms with Crippen molar-refractivity contribution < 1.29 is 5.11 Å². The van der Waals surface area contributed by atoms with Gasteiger partial charge in [-0.2, -0.15) is 0 Å². The van der Waals surface area contributed by atoms with E-state index < -0.39 is 5.60 Å². The molecule has 0 amide bonds. The lowest BCUT2D eigenvalue weighted by Gasteiger charge is -2.05. The van der Waals surface area contributed by atoms with E-state index in [0.717, 1.165) is 19.4 Å². The van der Waals surface area contributed by atoms with E-state index >= 15 is 0 Å². The van der Waals surface area contributed by atoms with Gasteiger partial charge in [-0.15, -0.1) is 11.3 Å². The highest BCUT2D eigenvalue weighted by molar-refractivity contribution is 9.10. The summed E-state index contributed by atoms with van der Waals surface area (Å²) in [5.74, 6) is 5.79. The van der Waals surface area contributed by atoms with Gasteiger partial charge in [0.15, 0.2) is 0 Å². The molecule has 0 aliphatic heterocycles. The Labute approximate surface area is 106 Å². The van der Waals surface area contributed by atoms with Crippen LogP contribution in [0.25, 0.3) is 10.1 Å². The topological polar surface area (TPSA) is 33.1 Å². The first kappa shape index (κ1) is 11.6. The van der Waals surface area contributed by atoms with Crippen LogP contribution >= 0.6 is 27.3 Å². The van der Waals surface area contributed by atoms with Gasteiger partial charge >= 0.3 is 0 Å². The number of pyridine rings is 1. The van der Waals surface area contributed by atoms with Gasteiger partial charge in [0.25, 0.3) is 0 Å². The van der Waals surface area contributed by atoms with Crippen LogP contribution in [0.2, 0.25) is 0 Å². The summed E-state index contributed by atoms with van der Waals surface area (Å²) in [6.07, 6.45) is 3.58. The molecule has 0 aromatic carbocycles. The molecule has 2 nitrogen and oxygen atoms in total. The van der Waals surface area contributed by atoms with Crippen LogP contribution in [0.4, 0.5) is 0 Å². The van der Waals surface area contributed by atoms with Crippen LogP contribution in [0, 0.1) is 11.8 Å². The molecule has 0 unspecified atom stereocenters. The van der Waals surface area contributed by atoms with E-state index in [-0.39, 0.29) is 0 Å². The van der Waals surface area contributed by atoms with Crippen molar-refractivity contribution in [3.05, 3.63) is 27.8 Å². The molecule has 1 N–H and O–H groups in total. The Balaban J connectivity index is 2.53. The average molecular weight is 296 g/mol. The van der Waals surface area contributed by atoms with Gasteiger partial charge in [0.1, 0.15) is 5.60 Å². The third-order valence-electron chi connectivity index (χ3n) is 1.91. The van der Waals surface area contributed by atoms with Gasteiger partial charge in [0, 0.05) is 17.8 Å². The van der Waals surface area contributed by atoms with Crippen molar-refractivity contribution in [2.75, 3.05) is 0 Å². The van der Waals surface area contributed by atoms with E-state index in [4.69, 9.17) is 0 Å². The van der Waals surface area contributed by atoms with Gasteiger partial charge in [-0.3, -0.25) is 4.98 Å². The number of nitrogens with zero attached hydrogens (tertiary/aromatic N) is 1. The van der Waals surface area contributed by atoms with Gasteiger partial charge in [0.05, 0.1) is 14.0 Å². The fraction of sp³-hybridized carbons (Fsp3) is 0.250. The Hall–Kier alpha value is -0.890. The van der Waals surface area contributed by atoms with E-state index in [1.807, 2.05) is 12.3 Å². The molecule has 0 saturated heterocycles. The number of hydrogen-bond acceptors (Lipinski definition) is 3. The minimum absolute atomic E-state index is 0.921. The molecule has 2 heterocycles. The zero-order valence-electron chi connectivity index (χ0n) is 8.91. The number of fused-ring (bicyclic) bond motifs is 1. The van der Waals surface area contributed by atoms with E-state index in [1.54, 1.807) is 31.4 Å². The Morgan fingerprint density at radius 1 is 1.50 bits per heavy atom. The van der Waals surface area contributed by atoms with Crippen molar-refractivity contribution in [3.8, 4) is 11.8 Å². The smallest absolute Gasteiger partial charge is 0.120 e. The van der Waals surface area contributed by atoms with Crippen LogP contribution in [0.1, 0.15) is 18.7 Å². The number of hydrogen-bond donors (Lipinski definition) is 1. The lowest BCUT2D eigenvalue weighted by Crippen LogP contribution is -2.14. The molecule has 2 aromatic rings. The van der Waals surface area contributed by atoms with Gasteiger partial charge in [-0.05, 0) is 35.8 Å². The van der Waals surface area contributed by atoms with Crippen LogP contribution in [0.3, 0.4) is 0 Å². The van der Waals surface area contributed by atoms with Gasteiger partial charge in [-0.25, -0.2) is 0 Å². The van der Waals surface area contributed by atoms with Gasteiger partial charge < -0.3 is 5.11 Å². The summed E-state index contributed by atoms with van der Waals surface area (Å²) in [7, 11) is 0. The molecule has 16 heavy (non-hydrogen) atoms. The van der Waals surface area contributed by atoms with Gasteiger partial charge in [0.2, 0.25) is 0 Å². The summed E-state index contributed by atoms with van der Waals surface area (Å²) in [5.41, 5.74) is -0.964. The average Bonchev–Trinajstić information content (AvgIpc) is 2.53. The lowest BCUT2D eigenvalue weighted by molar-refractivity contribution is 0.143. The van der Waals surface area contributed by atoms with E-state index in [0.29, 0.717) is 0 Å². The second-order valence-corrected chi connectivity index (χ2v) is 5.77. The summed E-state index contributed by atoms with van der Waals surface area (Å²) in [5, 5.41) is 10.7. The molecule has 0 aliphatic rings. The summed E-state index contributed by atoms with van der Waals surface area (Å²) >= 11 is 5.09. The molecule has 2 aromatic heterocycles. The van der Waals surface area contributed by atoms with Crippen molar-refractivity contribution in [2.45, 2.75) is 19.4 Å². The summed E-state index contributed by atoms with van der Waals surface area (Å²) in [4.78, 5) is 4.99. The quantitative estimate of drug-likeness (QED) is 0.757. The van der Waals surface area contributed by atoms with Crippen molar-refractivity contribution in [1.29, 1.82) is 0 Å². The van der Waals surface area contributed by atoms with Crippen molar-refractivity contribution in [2.24, 2.45) is 0 Å². The summed E-state index contributed by atoms with van der Waals surface area (Å²) in [6.45, 7) is 3.34. The number of rotatable bonds is 0. The maximum absolute atomic E-state index is 9.55. The maximum atomic E-state index is 9.55. The highest BCUT2D eigenvalue weighted by atomic mass is 79.9. The van der Waals surface area contributed by atoms with Gasteiger partial charge in [-0.1, -0.05) is 11.8 Å². The largest absolute Gasteiger partial charge is 0.378 e. The summed E-state index contributed by atoms with van der Waals surface area (Å²) in [6, 6.07) is 1.95. The maximum Gasteiger partial charge on any atom is 0.120 e. The molecule has 4 heteroatoms. The molecule has 0 bridgehead atoms. The third kappa shape index (κ3) is 2.43. The Morgan fingerprint density at radius 3 is 2.88 bits per heavy atom. The predicted molar refractivity (Wildman–Crippen MR) is 70.5 cm³/mol. The molecule has 0 saturated carbocycles. The molecular formula is C12H10BrNOS. The Morgan fingerprint density at radius 2 is 2.25 bits per heavy atom. The van der Waals surface area contributed by atoms with Crippen molar-refractivity contribution in [3.63, 3.8) is 0 Å². The lowest BCUT2D eigenvalue weighted by atomic mass is 10.1. The second-order valence-electron chi connectivity index (χ2n) is 3.93. The van der Waals surface area contributed by atoms with Crippen LogP contribution in [-0.4, -0.2) is 15.7 Å². The molecule has 2 rings (SSSR count). The predicted octanol–water partition coefficient (Wildman–Crippen LogP) is 3.18. The number of aliphatic hydroxyl groups is 1.